The van der Waals surface area contributed by atoms with E-state index in [4.69, 9.17) is 20.8 Å². The molecule has 11 heteroatoms. The van der Waals surface area contributed by atoms with Crippen LogP contribution in [0.5, 0.6) is 5.75 Å². The minimum Gasteiger partial charge on any atom is -0.480 e. The molecule has 182 valence electrons. The van der Waals surface area contributed by atoms with Crippen LogP contribution in [0.3, 0.4) is 0 Å². The lowest BCUT2D eigenvalue weighted by atomic mass is 9.39. The van der Waals surface area contributed by atoms with Gasteiger partial charge in [0.15, 0.2) is 6.10 Å². The van der Waals surface area contributed by atoms with Crippen molar-refractivity contribution in [1.29, 1.82) is 0 Å². The highest BCUT2D eigenvalue weighted by atomic mass is 35.5. The molecule has 0 radical (unpaired) electrons. The van der Waals surface area contributed by atoms with Crippen molar-refractivity contribution in [1.82, 2.24) is 10.3 Å². The predicted molar refractivity (Wildman–Crippen MR) is 111 cm³/mol. The van der Waals surface area contributed by atoms with Crippen molar-refractivity contribution in [2.24, 2.45) is 0 Å². The molecule has 1 aliphatic heterocycles. The maximum atomic E-state index is 12.9. The van der Waals surface area contributed by atoms with Gasteiger partial charge in [-0.15, -0.1) is 13.2 Å². The number of fused-ring (bicyclic) bond motifs is 1. The van der Waals surface area contributed by atoms with Crippen molar-refractivity contribution in [2.45, 2.75) is 80.1 Å². The first-order valence-electron chi connectivity index (χ1n) is 11.2. The van der Waals surface area contributed by atoms with Crippen LogP contribution in [-0.2, 0) is 14.9 Å². The van der Waals surface area contributed by atoms with E-state index < -0.39 is 24.7 Å². The summed E-state index contributed by atoms with van der Waals surface area (Å²) in [4.78, 5) is 17.2. The molecule has 34 heavy (non-hydrogen) atoms. The lowest BCUT2D eigenvalue weighted by molar-refractivity contribution is -0.352. The number of alkyl halides is 3. The Morgan fingerprint density at radius 2 is 1.97 bits per heavy atom. The molecule has 2 atom stereocenters. The molecule has 1 aromatic carbocycles. The second-order valence-corrected chi connectivity index (χ2v) is 10.5. The Morgan fingerprint density at radius 1 is 1.24 bits per heavy atom. The average molecular weight is 499 g/mol. The second-order valence-electron chi connectivity index (χ2n) is 10.0. The van der Waals surface area contributed by atoms with E-state index in [1.807, 2.05) is 0 Å². The van der Waals surface area contributed by atoms with Gasteiger partial charge < -0.3 is 19.6 Å². The molecule has 7 rings (SSSR count). The van der Waals surface area contributed by atoms with E-state index in [9.17, 15) is 23.1 Å². The lowest BCUT2D eigenvalue weighted by Gasteiger charge is -2.68. The Kier molecular flexibility index (Phi) is 4.80. The molecule has 1 amide bonds. The number of nitrogens with zero attached hydrogens (tertiary/aromatic N) is 1. The van der Waals surface area contributed by atoms with Crippen molar-refractivity contribution in [2.75, 3.05) is 0 Å². The Balaban J connectivity index is 1.03. The first-order chi connectivity index (χ1) is 16.0. The molecule has 4 aliphatic carbocycles. The van der Waals surface area contributed by atoms with Crippen LogP contribution >= 0.6 is 11.6 Å². The van der Waals surface area contributed by atoms with E-state index in [0.29, 0.717) is 47.2 Å². The molecule has 4 saturated carbocycles. The largest absolute Gasteiger partial charge is 0.522 e. The van der Waals surface area contributed by atoms with Crippen LogP contribution in [0.4, 0.5) is 13.2 Å². The Morgan fingerprint density at radius 3 is 2.68 bits per heavy atom. The zero-order valence-electron chi connectivity index (χ0n) is 17.9. The molecule has 2 N–H and O–H groups in total. The van der Waals surface area contributed by atoms with E-state index in [0.717, 1.165) is 0 Å². The molecule has 2 bridgehead atoms. The molecule has 4 fully saturated rings. The normalized spacial score (nSPS) is 35.8. The number of aromatic nitrogens is 1. The smallest absolute Gasteiger partial charge is 0.480 e. The third kappa shape index (κ3) is 3.67. The first kappa shape index (κ1) is 22.2. The third-order valence-corrected chi connectivity index (χ3v) is 7.76. The molecule has 0 unspecified atom stereocenters. The topological polar surface area (TPSA) is 93.8 Å². The SMILES string of the molecule is O=C(NC12CC(c3ncc([C@H]4C[C@@H](OC(F)(F)F)C4)o3)(C1)C2)[C@H]1C[C@@H](O)c2cc(Cl)ccc2O1. The zero-order valence-corrected chi connectivity index (χ0v) is 18.7. The minimum atomic E-state index is -4.62. The van der Waals surface area contributed by atoms with Gasteiger partial charge in [-0.25, -0.2) is 4.98 Å². The van der Waals surface area contributed by atoms with E-state index in [1.165, 1.54) is 0 Å². The van der Waals surface area contributed by atoms with E-state index in [1.54, 1.807) is 24.4 Å². The van der Waals surface area contributed by atoms with Crippen LogP contribution in [0.25, 0.3) is 0 Å². The molecule has 5 aliphatic rings. The molecule has 0 spiro atoms. The summed E-state index contributed by atoms with van der Waals surface area (Å²) in [6.45, 7) is 0. The number of aliphatic hydroxyl groups is 1. The molecule has 7 nitrogen and oxygen atoms in total. The number of nitrogens with one attached hydrogen (secondary N) is 1. The van der Waals surface area contributed by atoms with Gasteiger partial charge in [0, 0.05) is 28.5 Å². The number of amides is 1. The Bertz CT molecular complexity index is 1130. The third-order valence-electron chi connectivity index (χ3n) is 7.52. The van der Waals surface area contributed by atoms with Crippen LogP contribution in [0, 0.1) is 0 Å². The molecule has 1 aromatic heterocycles. The van der Waals surface area contributed by atoms with Crippen LogP contribution in [-0.4, -0.2) is 40.1 Å². The van der Waals surface area contributed by atoms with Crippen LogP contribution in [0.2, 0.25) is 5.02 Å². The summed E-state index contributed by atoms with van der Waals surface area (Å²) < 4.78 is 52.7. The molecule has 0 saturated heterocycles. The average Bonchev–Trinajstić information content (AvgIpc) is 3.14. The van der Waals surface area contributed by atoms with Crippen molar-refractivity contribution in [3.05, 3.63) is 46.6 Å². The van der Waals surface area contributed by atoms with Gasteiger partial charge in [-0.1, -0.05) is 11.6 Å². The fourth-order valence-corrected chi connectivity index (χ4v) is 6.05. The zero-order chi connectivity index (χ0) is 23.9. The highest BCUT2D eigenvalue weighted by Gasteiger charge is 2.71. The van der Waals surface area contributed by atoms with Gasteiger partial charge >= 0.3 is 6.36 Å². The number of halogens is 4. The number of oxazole rings is 1. The Hall–Kier alpha value is -2.30. The molecule has 2 heterocycles. The van der Waals surface area contributed by atoms with Crippen LogP contribution < -0.4 is 10.1 Å². The monoisotopic (exact) mass is 498 g/mol. The Labute approximate surface area is 197 Å². The minimum absolute atomic E-state index is 0.123. The van der Waals surface area contributed by atoms with Crippen LogP contribution in [0.1, 0.15) is 67.8 Å². The standard InChI is InChI=1S/C23H22ClF3N2O5/c24-12-1-2-16-14(5-12)15(30)6-17(32-16)19(31)29-22-8-21(9-22,10-22)20-28-7-18(33-20)11-3-13(4-11)34-23(25,26)27/h1-2,5,7,11,13,15,17,30H,3-4,6,8-10H2,(H,29,31)/t11-,13+,15-,17-,21?,22?/m1/s1. The van der Waals surface area contributed by atoms with Gasteiger partial charge in [0.25, 0.3) is 5.91 Å². The quantitative estimate of drug-likeness (QED) is 0.639. The first-order valence-corrected chi connectivity index (χ1v) is 11.6. The molecule has 2 aromatic rings. The fourth-order valence-electron chi connectivity index (χ4n) is 5.87. The summed E-state index contributed by atoms with van der Waals surface area (Å²) in [7, 11) is 0. The number of carbonyl (C=O) groups is 1. The van der Waals surface area contributed by atoms with Gasteiger partial charge in [-0.05, 0) is 50.3 Å². The summed E-state index contributed by atoms with van der Waals surface area (Å²) in [5.74, 6) is 1.22. The van der Waals surface area contributed by atoms with E-state index in [2.05, 4.69) is 15.0 Å². The maximum Gasteiger partial charge on any atom is 0.522 e. The highest BCUT2D eigenvalue weighted by Crippen LogP contribution is 2.67. The van der Waals surface area contributed by atoms with Gasteiger partial charge in [0.05, 0.1) is 23.8 Å². The molecular formula is C23H22ClF3N2O5. The summed E-state index contributed by atoms with van der Waals surface area (Å²) in [5.41, 5.74) is -0.0148. The number of carbonyl (C=O) groups excluding carboxylic acids is 1. The number of benzene rings is 1. The fraction of sp³-hybridized carbons (Fsp3) is 0.565. The van der Waals surface area contributed by atoms with Crippen molar-refractivity contribution >= 4 is 17.5 Å². The lowest BCUT2D eigenvalue weighted by Crippen LogP contribution is -2.77. The van der Waals surface area contributed by atoms with Crippen molar-refractivity contribution in [3.63, 3.8) is 0 Å². The summed E-state index contributed by atoms with van der Waals surface area (Å²) in [6, 6.07) is 4.93. The van der Waals surface area contributed by atoms with Crippen molar-refractivity contribution < 1.29 is 37.0 Å². The van der Waals surface area contributed by atoms with Gasteiger partial charge in [0.1, 0.15) is 11.5 Å². The van der Waals surface area contributed by atoms with Crippen molar-refractivity contribution in [3.8, 4) is 5.75 Å². The van der Waals surface area contributed by atoms with E-state index in [-0.39, 0.29) is 42.0 Å². The van der Waals surface area contributed by atoms with Crippen LogP contribution in [0.15, 0.2) is 28.8 Å². The number of hydrogen-bond acceptors (Lipinski definition) is 6. The highest BCUT2D eigenvalue weighted by molar-refractivity contribution is 6.30. The second kappa shape index (κ2) is 7.35. The van der Waals surface area contributed by atoms with E-state index >= 15 is 0 Å². The maximum absolute atomic E-state index is 12.9. The number of rotatable bonds is 5. The summed E-state index contributed by atoms with van der Waals surface area (Å²) in [6.07, 6.45) is -2.81. The number of aliphatic hydroxyl groups excluding tert-OH is 1. The summed E-state index contributed by atoms with van der Waals surface area (Å²) in [5, 5.41) is 14.0. The van der Waals surface area contributed by atoms with Gasteiger partial charge in [-0.2, -0.15) is 0 Å². The molecular weight excluding hydrogens is 477 g/mol. The number of ether oxygens (including phenoxy) is 2. The predicted octanol–water partition coefficient (Wildman–Crippen LogP) is 4.29. The summed E-state index contributed by atoms with van der Waals surface area (Å²) >= 11 is 5.98. The number of hydrogen-bond donors (Lipinski definition) is 2. The van der Waals surface area contributed by atoms with Gasteiger partial charge in [0.2, 0.25) is 5.89 Å². The van der Waals surface area contributed by atoms with Gasteiger partial charge in [-0.3, -0.25) is 9.53 Å².